The van der Waals surface area contributed by atoms with Crippen molar-refractivity contribution in [2.75, 3.05) is 32.8 Å². The number of halogens is 2. The molecular formula is C23H30ClIN4O3. The molecule has 4 atom stereocenters. The number of amides is 2. The van der Waals surface area contributed by atoms with Gasteiger partial charge in [0.05, 0.1) is 31.6 Å². The van der Waals surface area contributed by atoms with E-state index in [0.29, 0.717) is 43.8 Å². The number of ether oxygens (including phenoxy) is 1. The maximum atomic E-state index is 12.7. The van der Waals surface area contributed by atoms with Gasteiger partial charge in [0.25, 0.3) is 0 Å². The summed E-state index contributed by atoms with van der Waals surface area (Å²) in [5.74, 6) is 0.854. The highest BCUT2D eigenvalue weighted by atomic mass is 127. The largest absolute Gasteiger partial charge is 0.375 e. The second-order valence-electron chi connectivity index (χ2n) is 8.19. The molecule has 174 valence electrons. The zero-order valence-corrected chi connectivity index (χ0v) is 21.2. The van der Waals surface area contributed by atoms with Crippen LogP contribution in [0.5, 0.6) is 0 Å². The van der Waals surface area contributed by atoms with Gasteiger partial charge in [-0.05, 0) is 42.9 Å². The molecule has 2 amide bonds. The minimum Gasteiger partial charge on any atom is -0.375 e. The molecule has 32 heavy (non-hydrogen) atoms. The van der Waals surface area contributed by atoms with Crippen LogP contribution in [0.2, 0.25) is 5.02 Å². The van der Waals surface area contributed by atoms with Gasteiger partial charge in [-0.1, -0.05) is 35.9 Å². The summed E-state index contributed by atoms with van der Waals surface area (Å²) in [6.45, 7) is 5.04. The number of hydrogen-bond donors (Lipinski definition) is 2. The fourth-order valence-corrected chi connectivity index (χ4v) is 4.93. The van der Waals surface area contributed by atoms with Crippen LogP contribution in [-0.4, -0.2) is 55.5 Å². The molecule has 2 bridgehead atoms. The molecule has 7 nitrogen and oxygen atoms in total. The summed E-state index contributed by atoms with van der Waals surface area (Å²) in [6.07, 6.45) is 5.18. The van der Waals surface area contributed by atoms with Gasteiger partial charge >= 0.3 is 0 Å². The van der Waals surface area contributed by atoms with E-state index in [1.807, 2.05) is 31.2 Å². The number of carbonyl (C=O) groups excluding carboxylic acids is 2. The average molecular weight is 573 g/mol. The van der Waals surface area contributed by atoms with Crippen LogP contribution in [0.15, 0.2) is 41.4 Å². The first-order valence-corrected chi connectivity index (χ1v) is 11.3. The van der Waals surface area contributed by atoms with Gasteiger partial charge < -0.3 is 15.4 Å². The van der Waals surface area contributed by atoms with Crippen LogP contribution in [0.3, 0.4) is 0 Å². The van der Waals surface area contributed by atoms with Crippen molar-refractivity contribution in [3.8, 4) is 0 Å². The molecule has 2 aliphatic carbocycles. The van der Waals surface area contributed by atoms with Crippen molar-refractivity contribution in [2.45, 2.75) is 20.0 Å². The molecule has 1 saturated heterocycles. The summed E-state index contributed by atoms with van der Waals surface area (Å²) < 4.78 is 5.66. The minimum atomic E-state index is -0.137. The topological polar surface area (TPSA) is 83.0 Å². The molecule has 1 saturated carbocycles. The van der Waals surface area contributed by atoms with Crippen molar-refractivity contribution in [1.29, 1.82) is 0 Å². The molecule has 1 aromatic rings. The first-order chi connectivity index (χ1) is 15.1. The third-order valence-corrected chi connectivity index (χ3v) is 6.47. The van der Waals surface area contributed by atoms with Gasteiger partial charge in [0.2, 0.25) is 11.8 Å². The van der Waals surface area contributed by atoms with Gasteiger partial charge in [-0.3, -0.25) is 19.5 Å². The van der Waals surface area contributed by atoms with Crippen LogP contribution in [0.25, 0.3) is 0 Å². The molecule has 1 aromatic carbocycles. The Kier molecular flexibility index (Phi) is 8.95. The molecule has 4 unspecified atom stereocenters. The SMILES string of the molecule is CCNC(=NCCOCc1ccc(Cl)cc1)NCCN1C(=O)C2C3C=CC(C3)C2C1=O.I. The van der Waals surface area contributed by atoms with Gasteiger partial charge in [-0.2, -0.15) is 0 Å². The molecule has 9 heteroatoms. The maximum Gasteiger partial charge on any atom is 0.233 e. The number of fused-ring (bicyclic) bond motifs is 5. The highest BCUT2D eigenvalue weighted by Crippen LogP contribution is 2.52. The van der Waals surface area contributed by atoms with E-state index in [1.165, 1.54) is 4.90 Å². The van der Waals surface area contributed by atoms with Crippen LogP contribution < -0.4 is 10.6 Å². The summed E-state index contributed by atoms with van der Waals surface area (Å²) >= 11 is 5.88. The third-order valence-electron chi connectivity index (χ3n) is 6.22. The van der Waals surface area contributed by atoms with E-state index in [0.717, 1.165) is 18.5 Å². The number of hydrogen-bond acceptors (Lipinski definition) is 4. The predicted octanol–water partition coefficient (Wildman–Crippen LogP) is 2.84. The molecule has 4 rings (SSSR count). The summed E-state index contributed by atoms with van der Waals surface area (Å²) in [7, 11) is 0. The molecule has 2 N–H and O–H groups in total. The normalized spacial score (nSPS) is 25.8. The Morgan fingerprint density at radius 1 is 1.12 bits per heavy atom. The van der Waals surface area contributed by atoms with E-state index < -0.39 is 0 Å². The fraction of sp³-hybridized carbons (Fsp3) is 0.522. The monoisotopic (exact) mass is 572 g/mol. The van der Waals surface area contributed by atoms with Crippen LogP contribution >= 0.6 is 35.6 Å². The van der Waals surface area contributed by atoms with Crippen molar-refractivity contribution >= 4 is 53.4 Å². The molecule has 0 radical (unpaired) electrons. The number of rotatable bonds is 9. The van der Waals surface area contributed by atoms with Crippen LogP contribution in [0.4, 0.5) is 0 Å². The first kappa shape index (κ1) is 25.0. The van der Waals surface area contributed by atoms with E-state index >= 15 is 0 Å². The van der Waals surface area contributed by atoms with Crippen molar-refractivity contribution < 1.29 is 14.3 Å². The van der Waals surface area contributed by atoms with Crippen molar-refractivity contribution in [3.63, 3.8) is 0 Å². The van der Waals surface area contributed by atoms with Crippen LogP contribution in [0.1, 0.15) is 18.9 Å². The van der Waals surface area contributed by atoms with Gasteiger partial charge in [0.15, 0.2) is 5.96 Å². The maximum absolute atomic E-state index is 12.7. The van der Waals surface area contributed by atoms with Crippen molar-refractivity contribution in [2.24, 2.45) is 28.7 Å². The number of imide groups is 1. The van der Waals surface area contributed by atoms with E-state index in [9.17, 15) is 9.59 Å². The lowest BCUT2D eigenvalue weighted by Gasteiger charge is -2.18. The van der Waals surface area contributed by atoms with E-state index in [2.05, 4.69) is 27.8 Å². The second-order valence-corrected chi connectivity index (χ2v) is 8.63. The summed E-state index contributed by atoms with van der Waals surface area (Å²) in [4.78, 5) is 31.4. The fourth-order valence-electron chi connectivity index (χ4n) is 4.80. The standard InChI is InChI=1S/C23H29ClN4O3.HI/c1-2-25-23(27-10-12-31-14-15-3-7-18(24)8-4-15)26-9-11-28-21(29)19-16-5-6-17(13-16)20(19)22(28)30;/h3-8,16-17,19-20H,2,9-14H2,1H3,(H2,25,26,27);1H. The zero-order chi connectivity index (χ0) is 21.8. The van der Waals surface area contributed by atoms with Gasteiger partial charge in [-0.15, -0.1) is 24.0 Å². The number of guanidine groups is 1. The highest BCUT2D eigenvalue weighted by molar-refractivity contribution is 14.0. The molecule has 1 aliphatic heterocycles. The van der Waals surface area contributed by atoms with Crippen molar-refractivity contribution in [3.05, 3.63) is 47.0 Å². The smallest absolute Gasteiger partial charge is 0.233 e. The summed E-state index contributed by atoms with van der Waals surface area (Å²) in [6, 6.07) is 7.56. The van der Waals surface area contributed by atoms with E-state index in [-0.39, 0.29) is 59.5 Å². The second kappa shape index (κ2) is 11.5. The molecular weight excluding hydrogens is 543 g/mol. The highest BCUT2D eigenvalue weighted by Gasteiger charge is 2.58. The number of benzene rings is 1. The van der Waals surface area contributed by atoms with Gasteiger partial charge in [0.1, 0.15) is 0 Å². The average Bonchev–Trinajstić information content (AvgIpc) is 3.44. The predicted molar refractivity (Wildman–Crippen MR) is 135 cm³/mol. The van der Waals surface area contributed by atoms with E-state index in [4.69, 9.17) is 16.3 Å². The van der Waals surface area contributed by atoms with Crippen LogP contribution in [0, 0.1) is 23.7 Å². The van der Waals surface area contributed by atoms with Crippen molar-refractivity contribution in [1.82, 2.24) is 15.5 Å². The lowest BCUT2D eigenvalue weighted by Crippen LogP contribution is -2.43. The van der Waals surface area contributed by atoms with E-state index in [1.54, 1.807) is 0 Å². The first-order valence-electron chi connectivity index (χ1n) is 11.0. The lowest BCUT2D eigenvalue weighted by atomic mass is 9.85. The number of nitrogens with one attached hydrogen (secondary N) is 2. The van der Waals surface area contributed by atoms with Crippen LogP contribution in [-0.2, 0) is 20.9 Å². The Labute approximate surface area is 211 Å². The van der Waals surface area contributed by atoms with Gasteiger partial charge in [-0.25, -0.2) is 0 Å². The van der Waals surface area contributed by atoms with Gasteiger partial charge in [0, 0.05) is 24.7 Å². The number of likely N-dealkylation sites (tertiary alicyclic amines) is 1. The Balaban J connectivity index is 0.00000289. The molecule has 2 fully saturated rings. The Morgan fingerprint density at radius 2 is 1.78 bits per heavy atom. The summed E-state index contributed by atoms with van der Waals surface area (Å²) in [5.41, 5.74) is 1.06. The lowest BCUT2D eigenvalue weighted by molar-refractivity contribution is -0.140. The molecule has 0 spiro atoms. The Hall–Kier alpha value is -1.65. The quantitative estimate of drug-likeness (QED) is 0.119. The molecule has 3 aliphatic rings. The number of allylic oxidation sites excluding steroid dienone is 2. The number of nitrogens with zero attached hydrogens (tertiary/aromatic N) is 2. The molecule has 1 heterocycles. The number of carbonyl (C=O) groups is 2. The molecule has 0 aromatic heterocycles. The third kappa shape index (κ3) is 5.46. The minimum absolute atomic E-state index is 0. The Bertz CT molecular complexity index is 846. The number of aliphatic imine (C=N–C) groups is 1. The Morgan fingerprint density at radius 3 is 2.41 bits per heavy atom. The summed E-state index contributed by atoms with van der Waals surface area (Å²) in [5, 5.41) is 7.10. The zero-order valence-electron chi connectivity index (χ0n) is 18.1.